The summed E-state index contributed by atoms with van der Waals surface area (Å²) in [4.78, 5) is 34.3. The van der Waals surface area contributed by atoms with Crippen LogP contribution in [0.1, 0.15) is 19.4 Å². The molecule has 1 fully saturated rings. The standard InChI is InChI=1S/C20H31N5O3/c1-4-23(16-17-9-7-6-8-10-17)18(26)15-22-19(21-3)24-11-13-25(14-12-24)20(27)28-5-2/h6-10H,4-5,11-16H2,1-3H3,(H,21,22). The molecule has 0 atom stereocenters. The lowest BCUT2D eigenvalue weighted by atomic mass is 10.2. The van der Waals surface area contributed by atoms with Crippen molar-refractivity contribution in [2.75, 3.05) is 52.9 Å². The Morgan fingerprint density at radius 2 is 1.75 bits per heavy atom. The minimum atomic E-state index is -0.278. The number of ether oxygens (including phenoxy) is 1. The Morgan fingerprint density at radius 1 is 1.11 bits per heavy atom. The zero-order valence-corrected chi connectivity index (χ0v) is 17.1. The summed E-state index contributed by atoms with van der Waals surface area (Å²) in [5, 5.41) is 3.16. The Balaban J connectivity index is 1.83. The van der Waals surface area contributed by atoms with E-state index < -0.39 is 0 Å². The first kappa shape index (κ1) is 21.5. The van der Waals surface area contributed by atoms with Gasteiger partial charge in [-0.15, -0.1) is 0 Å². The number of likely N-dealkylation sites (N-methyl/N-ethyl adjacent to an activating group) is 1. The SMILES string of the molecule is CCOC(=O)N1CCN(C(=NC)NCC(=O)N(CC)Cc2ccccc2)CC1. The van der Waals surface area contributed by atoms with Crippen molar-refractivity contribution in [2.24, 2.45) is 4.99 Å². The number of nitrogens with one attached hydrogen (secondary N) is 1. The van der Waals surface area contributed by atoms with Crippen LogP contribution in [0.25, 0.3) is 0 Å². The summed E-state index contributed by atoms with van der Waals surface area (Å²) >= 11 is 0. The van der Waals surface area contributed by atoms with E-state index in [9.17, 15) is 9.59 Å². The number of piperazine rings is 1. The molecule has 2 amide bonds. The number of carbonyl (C=O) groups excluding carboxylic acids is 2. The minimum Gasteiger partial charge on any atom is -0.450 e. The normalized spacial score (nSPS) is 14.6. The fourth-order valence-electron chi connectivity index (χ4n) is 3.09. The minimum absolute atomic E-state index is 0.0256. The summed E-state index contributed by atoms with van der Waals surface area (Å²) in [7, 11) is 1.70. The third-order valence-electron chi connectivity index (χ3n) is 4.67. The topological polar surface area (TPSA) is 77.5 Å². The fourth-order valence-corrected chi connectivity index (χ4v) is 3.09. The Morgan fingerprint density at radius 3 is 2.32 bits per heavy atom. The van der Waals surface area contributed by atoms with Gasteiger partial charge in [-0.3, -0.25) is 9.79 Å². The monoisotopic (exact) mass is 389 g/mol. The molecule has 1 saturated heterocycles. The zero-order chi connectivity index (χ0) is 20.4. The molecule has 154 valence electrons. The summed E-state index contributed by atoms with van der Waals surface area (Å²) in [5.41, 5.74) is 1.11. The second kappa shape index (κ2) is 11.2. The van der Waals surface area contributed by atoms with Crippen molar-refractivity contribution in [3.63, 3.8) is 0 Å². The number of amides is 2. The number of nitrogens with zero attached hydrogens (tertiary/aromatic N) is 4. The highest BCUT2D eigenvalue weighted by Gasteiger charge is 2.24. The molecule has 0 saturated carbocycles. The van der Waals surface area contributed by atoms with Crippen molar-refractivity contribution in [3.8, 4) is 0 Å². The Labute approximate surface area is 167 Å². The van der Waals surface area contributed by atoms with Crippen LogP contribution in [-0.4, -0.2) is 85.6 Å². The molecule has 0 aliphatic carbocycles. The molecule has 8 nitrogen and oxygen atoms in total. The van der Waals surface area contributed by atoms with E-state index >= 15 is 0 Å². The molecule has 8 heteroatoms. The van der Waals surface area contributed by atoms with Crippen LogP contribution in [0, 0.1) is 0 Å². The van der Waals surface area contributed by atoms with E-state index in [4.69, 9.17) is 4.74 Å². The van der Waals surface area contributed by atoms with Crippen molar-refractivity contribution in [3.05, 3.63) is 35.9 Å². The van der Waals surface area contributed by atoms with Crippen LogP contribution in [0.15, 0.2) is 35.3 Å². The molecule has 0 bridgehead atoms. The van der Waals surface area contributed by atoms with Gasteiger partial charge < -0.3 is 24.8 Å². The lowest BCUT2D eigenvalue weighted by molar-refractivity contribution is -0.130. The van der Waals surface area contributed by atoms with E-state index in [2.05, 4.69) is 15.2 Å². The molecule has 1 aliphatic heterocycles. The van der Waals surface area contributed by atoms with E-state index in [0.717, 1.165) is 5.56 Å². The van der Waals surface area contributed by atoms with Gasteiger partial charge in [0.1, 0.15) is 0 Å². The predicted molar refractivity (Wildman–Crippen MR) is 109 cm³/mol. The van der Waals surface area contributed by atoms with Crippen molar-refractivity contribution < 1.29 is 14.3 Å². The second-order valence-corrected chi connectivity index (χ2v) is 6.47. The number of hydrogen-bond acceptors (Lipinski definition) is 4. The number of hydrogen-bond donors (Lipinski definition) is 1. The number of aliphatic imine (C=N–C) groups is 1. The van der Waals surface area contributed by atoms with Crippen molar-refractivity contribution >= 4 is 18.0 Å². The predicted octanol–water partition coefficient (Wildman–Crippen LogP) is 1.38. The Hall–Kier alpha value is -2.77. The summed E-state index contributed by atoms with van der Waals surface area (Å²) in [6.45, 7) is 8.01. The molecule has 2 rings (SSSR count). The van der Waals surface area contributed by atoms with Crippen LogP contribution in [0.4, 0.5) is 4.79 Å². The molecule has 1 aliphatic rings. The molecule has 1 heterocycles. The van der Waals surface area contributed by atoms with Gasteiger partial charge in [-0.2, -0.15) is 0 Å². The summed E-state index contributed by atoms with van der Waals surface area (Å²) in [6.07, 6.45) is -0.278. The van der Waals surface area contributed by atoms with Crippen molar-refractivity contribution in [1.29, 1.82) is 0 Å². The zero-order valence-electron chi connectivity index (χ0n) is 17.1. The first-order valence-electron chi connectivity index (χ1n) is 9.78. The highest BCUT2D eigenvalue weighted by Crippen LogP contribution is 2.06. The lowest BCUT2D eigenvalue weighted by Gasteiger charge is -2.36. The van der Waals surface area contributed by atoms with Gasteiger partial charge in [0, 0.05) is 46.3 Å². The molecule has 28 heavy (non-hydrogen) atoms. The van der Waals surface area contributed by atoms with Gasteiger partial charge in [0.2, 0.25) is 5.91 Å². The second-order valence-electron chi connectivity index (χ2n) is 6.47. The fraction of sp³-hybridized carbons (Fsp3) is 0.550. The molecule has 0 aromatic heterocycles. The Kier molecular flexibility index (Phi) is 8.58. The van der Waals surface area contributed by atoms with E-state index in [1.54, 1.807) is 18.9 Å². The van der Waals surface area contributed by atoms with Crippen molar-refractivity contribution in [2.45, 2.75) is 20.4 Å². The maximum absolute atomic E-state index is 12.6. The first-order valence-corrected chi connectivity index (χ1v) is 9.78. The third-order valence-corrected chi connectivity index (χ3v) is 4.67. The summed E-state index contributed by atoms with van der Waals surface area (Å²) < 4.78 is 5.04. The van der Waals surface area contributed by atoms with E-state index in [-0.39, 0.29) is 18.5 Å². The summed E-state index contributed by atoms with van der Waals surface area (Å²) in [5.74, 6) is 0.699. The van der Waals surface area contributed by atoms with Gasteiger partial charge in [0.05, 0.1) is 13.2 Å². The van der Waals surface area contributed by atoms with E-state index in [1.165, 1.54) is 0 Å². The molecular formula is C20H31N5O3. The molecule has 1 aromatic rings. The largest absolute Gasteiger partial charge is 0.450 e. The summed E-state index contributed by atoms with van der Waals surface area (Å²) in [6, 6.07) is 9.96. The maximum atomic E-state index is 12.6. The average molecular weight is 390 g/mol. The number of benzene rings is 1. The Bertz CT molecular complexity index is 657. The number of guanidine groups is 1. The van der Waals surface area contributed by atoms with Gasteiger partial charge in [-0.1, -0.05) is 30.3 Å². The first-order chi connectivity index (χ1) is 13.6. The molecular weight excluding hydrogens is 358 g/mol. The van der Waals surface area contributed by atoms with Gasteiger partial charge >= 0.3 is 6.09 Å². The van der Waals surface area contributed by atoms with Gasteiger partial charge in [-0.05, 0) is 19.4 Å². The van der Waals surface area contributed by atoms with Crippen LogP contribution in [0.3, 0.4) is 0 Å². The van der Waals surface area contributed by atoms with Crippen LogP contribution in [-0.2, 0) is 16.1 Å². The lowest BCUT2D eigenvalue weighted by Crippen LogP contribution is -2.55. The highest BCUT2D eigenvalue weighted by molar-refractivity contribution is 5.86. The van der Waals surface area contributed by atoms with Crippen molar-refractivity contribution in [1.82, 2.24) is 20.0 Å². The van der Waals surface area contributed by atoms with E-state index in [0.29, 0.717) is 51.8 Å². The quantitative estimate of drug-likeness (QED) is 0.588. The average Bonchev–Trinajstić information content (AvgIpc) is 2.73. The van der Waals surface area contributed by atoms with E-state index in [1.807, 2.05) is 42.2 Å². The maximum Gasteiger partial charge on any atom is 0.409 e. The third kappa shape index (κ3) is 6.14. The van der Waals surface area contributed by atoms with Crippen LogP contribution < -0.4 is 5.32 Å². The molecule has 0 spiro atoms. The van der Waals surface area contributed by atoms with Gasteiger partial charge in [-0.25, -0.2) is 4.79 Å². The number of carbonyl (C=O) groups is 2. The molecule has 0 radical (unpaired) electrons. The smallest absolute Gasteiger partial charge is 0.409 e. The van der Waals surface area contributed by atoms with Crippen LogP contribution in [0.5, 0.6) is 0 Å². The molecule has 1 N–H and O–H groups in total. The highest BCUT2D eigenvalue weighted by atomic mass is 16.6. The molecule has 0 unspecified atom stereocenters. The molecule has 1 aromatic carbocycles. The number of rotatable bonds is 6. The van der Waals surface area contributed by atoms with Crippen LogP contribution >= 0.6 is 0 Å². The van der Waals surface area contributed by atoms with Crippen LogP contribution in [0.2, 0.25) is 0 Å². The van der Waals surface area contributed by atoms with Gasteiger partial charge in [0.25, 0.3) is 0 Å². The van der Waals surface area contributed by atoms with Gasteiger partial charge in [0.15, 0.2) is 5.96 Å².